The number of rotatable bonds is 5. The van der Waals surface area contributed by atoms with Crippen LogP contribution in [0.25, 0.3) is 11.0 Å². The Kier molecular flexibility index (Phi) is 4.81. The van der Waals surface area contributed by atoms with Gasteiger partial charge in [0.05, 0.1) is 12.5 Å². The standard InChI is InChI=1S/C19H20N2O3S/c22-18(12-15-14-4-1-2-5-16(14)24-21-15)20-19(17-6-3-11-25-17)13-7-9-23-10-8-13/h1-6,11,13,19H,7-10,12H2,(H,20,22). The zero-order valence-corrected chi connectivity index (χ0v) is 14.6. The maximum atomic E-state index is 12.7. The van der Waals surface area contributed by atoms with Crippen LogP contribution in [0.15, 0.2) is 46.3 Å². The summed E-state index contributed by atoms with van der Waals surface area (Å²) in [4.78, 5) is 13.9. The fourth-order valence-electron chi connectivity index (χ4n) is 3.38. The molecule has 0 radical (unpaired) electrons. The minimum absolute atomic E-state index is 0.0241. The molecule has 6 heteroatoms. The lowest BCUT2D eigenvalue weighted by Gasteiger charge is -2.30. The largest absolute Gasteiger partial charge is 0.381 e. The Labute approximate surface area is 150 Å². The lowest BCUT2D eigenvalue weighted by atomic mass is 9.90. The van der Waals surface area contributed by atoms with Gasteiger partial charge in [-0.05, 0) is 42.3 Å². The van der Waals surface area contributed by atoms with Crippen LogP contribution in [0, 0.1) is 5.92 Å². The number of para-hydroxylation sites is 1. The van der Waals surface area contributed by atoms with Gasteiger partial charge < -0.3 is 14.6 Å². The molecule has 3 heterocycles. The van der Waals surface area contributed by atoms with Crippen LogP contribution in [-0.2, 0) is 16.0 Å². The van der Waals surface area contributed by atoms with Gasteiger partial charge in [-0.25, -0.2) is 0 Å². The SMILES string of the molecule is O=C(Cc1noc2ccccc12)NC(c1cccs1)C1CCOCC1. The summed E-state index contributed by atoms with van der Waals surface area (Å²) in [6.45, 7) is 1.52. The van der Waals surface area contributed by atoms with Crippen molar-refractivity contribution in [3.63, 3.8) is 0 Å². The van der Waals surface area contributed by atoms with Crippen molar-refractivity contribution in [1.82, 2.24) is 10.5 Å². The van der Waals surface area contributed by atoms with Crippen molar-refractivity contribution < 1.29 is 14.1 Å². The molecule has 1 aliphatic rings. The number of nitrogens with zero attached hydrogens (tertiary/aromatic N) is 1. The van der Waals surface area contributed by atoms with Crippen molar-refractivity contribution in [1.29, 1.82) is 0 Å². The number of ether oxygens (including phenoxy) is 1. The quantitative estimate of drug-likeness (QED) is 0.757. The Balaban J connectivity index is 1.50. The minimum atomic E-state index is -0.0241. The number of aromatic nitrogens is 1. The van der Waals surface area contributed by atoms with Crippen molar-refractivity contribution in [3.8, 4) is 0 Å². The normalized spacial score (nSPS) is 16.8. The predicted molar refractivity (Wildman–Crippen MR) is 96.5 cm³/mol. The van der Waals surface area contributed by atoms with Crippen LogP contribution in [-0.4, -0.2) is 24.3 Å². The molecule has 4 rings (SSSR count). The molecule has 1 unspecified atom stereocenters. The van der Waals surface area contributed by atoms with Crippen molar-refractivity contribution >= 4 is 28.2 Å². The Morgan fingerprint density at radius 1 is 1.24 bits per heavy atom. The smallest absolute Gasteiger partial charge is 0.226 e. The second-order valence-corrected chi connectivity index (χ2v) is 7.29. The van der Waals surface area contributed by atoms with Gasteiger partial charge in [-0.15, -0.1) is 11.3 Å². The van der Waals surface area contributed by atoms with Gasteiger partial charge in [-0.1, -0.05) is 23.4 Å². The molecule has 1 fully saturated rings. The zero-order chi connectivity index (χ0) is 17.1. The number of hydrogen-bond donors (Lipinski definition) is 1. The molecule has 130 valence electrons. The van der Waals surface area contributed by atoms with Crippen LogP contribution in [0.3, 0.4) is 0 Å². The lowest BCUT2D eigenvalue weighted by molar-refractivity contribution is -0.121. The average molecular weight is 356 g/mol. The molecule has 5 nitrogen and oxygen atoms in total. The maximum absolute atomic E-state index is 12.7. The number of nitrogens with one attached hydrogen (secondary N) is 1. The Morgan fingerprint density at radius 3 is 2.88 bits per heavy atom. The van der Waals surface area contributed by atoms with Gasteiger partial charge >= 0.3 is 0 Å². The molecule has 1 amide bonds. The summed E-state index contributed by atoms with van der Waals surface area (Å²) >= 11 is 1.69. The maximum Gasteiger partial charge on any atom is 0.226 e. The zero-order valence-electron chi connectivity index (χ0n) is 13.8. The number of benzene rings is 1. The van der Waals surface area contributed by atoms with E-state index in [2.05, 4.69) is 21.9 Å². The van der Waals surface area contributed by atoms with E-state index in [4.69, 9.17) is 9.26 Å². The molecule has 0 bridgehead atoms. The van der Waals surface area contributed by atoms with E-state index in [1.54, 1.807) is 11.3 Å². The van der Waals surface area contributed by atoms with Gasteiger partial charge in [-0.2, -0.15) is 0 Å². The van der Waals surface area contributed by atoms with Crippen LogP contribution >= 0.6 is 11.3 Å². The van der Waals surface area contributed by atoms with Crippen molar-refractivity contribution in [3.05, 3.63) is 52.3 Å². The number of amides is 1. The van der Waals surface area contributed by atoms with Gasteiger partial charge in [0.25, 0.3) is 0 Å². The molecule has 0 aliphatic carbocycles. The van der Waals surface area contributed by atoms with Crippen LogP contribution in [0.2, 0.25) is 0 Å². The average Bonchev–Trinajstić information content (AvgIpc) is 3.31. The van der Waals surface area contributed by atoms with Gasteiger partial charge in [0.15, 0.2) is 5.58 Å². The van der Waals surface area contributed by atoms with E-state index in [1.807, 2.05) is 30.3 Å². The van der Waals surface area contributed by atoms with Gasteiger partial charge in [0.1, 0.15) is 5.69 Å². The van der Waals surface area contributed by atoms with Crippen LogP contribution < -0.4 is 5.32 Å². The number of thiophene rings is 1. The molecule has 2 aromatic heterocycles. The number of carbonyl (C=O) groups is 1. The Hall–Kier alpha value is -2.18. The Bertz CT molecular complexity index is 837. The molecule has 3 aromatic rings. The predicted octanol–water partition coefficient (Wildman–Crippen LogP) is 3.72. The minimum Gasteiger partial charge on any atom is -0.381 e. The first kappa shape index (κ1) is 16.3. The third-order valence-corrected chi connectivity index (χ3v) is 5.64. The highest BCUT2D eigenvalue weighted by atomic mass is 32.1. The first-order chi connectivity index (χ1) is 12.3. The molecule has 0 saturated carbocycles. The summed E-state index contributed by atoms with van der Waals surface area (Å²) in [5.74, 6) is 0.384. The molecule has 0 spiro atoms. The van der Waals surface area contributed by atoms with E-state index in [-0.39, 0.29) is 18.4 Å². The van der Waals surface area contributed by atoms with E-state index < -0.39 is 0 Å². The molecule has 1 atom stereocenters. The molecule has 1 aliphatic heterocycles. The second kappa shape index (κ2) is 7.37. The first-order valence-corrected chi connectivity index (χ1v) is 9.43. The molecular formula is C19H20N2O3S. The van der Waals surface area contributed by atoms with E-state index >= 15 is 0 Å². The Morgan fingerprint density at radius 2 is 2.08 bits per heavy atom. The van der Waals surface area contributed by atoms with Crippen molar-refractivity contribution in [2.24, 2.45) is 5.92 Å². The van der Waals surface area contributed by atoms with Crippen molar-refractivity contribution in [2.45, 2.75) is 25.3 Å². The lowest BCUT2D eigenvalue weighted by Crippen LogP contribution is -2.36. The number of carbonyl (C=O) groups excluding carboxylic acids is 1. The van der Waals surface area contributed by atoms with Crippen LogP contribution in [0.1, 0.15) is 29.5 Å². The second-order valence-electron chi connectivity index (χ2n) is 6.31. The van der Waals surface area contributed by atoms with E-state index in [9.17, 15) is 4.79 Å². The summed E-state index contributed by atoms with van der Waals surface area (Å²) in [5.41, 5.74) is 1.40. The molecule has 25 heavy (non-hydrogen) atoms. The molecule has 1 saturated heterocycles. The van der Waals surface area contributed by atoms with E-state index in [0.717, 1.165) is 31.4 Å². The summed E-state index contributed by atoms with van der Waals surface area (Å²) in [6, 6.07) is 11.8. The number of hydrogen-bond acceptors (Lipinski definition) is 5. The molecule has 1 N–H and O–H groups in total. The van der Waals surface area contributed by atoms with Crippen LogP contribution in [0.4, 0.5) is 0 Å². The van der Waals surface area contributed by atoms with Crippen LogP contribution in [0.5, 0.6) is 0 Å². The topological polar surface area (TPSA) is 64.4 Å². The summed E-state index contributed by atoms with van der Waals surface area (Å²) < 4.78 is 10.8. The first-order valence-electron chi connectivity index (χ1n) is 8.55. The number of fused-ring (bicyclic) bond motifs is 1. The van der Waals surface area contributed by atoms with Gasteiger partial charge in [0, 0.05) is 23.5 Å². The summed E-state index contributed by atoms with van der Waals surface area (Å²) in [6.07, 6.45) is 2.16. The highest BCUT2D eigenvalue weighted by Crippen LogP contribution is 2.32. The molecular weight excluding hydrogens is 336 g/mol. The van der Waals surface area contributed by atoms with Crippen molar-refractivity contribution in [2.75, 3.05) is 13.2 Å². The third-order valence-electron chi connectivity index (χ3n) is 4.68. The summed E-state index contributed by atoms with van der Waals surface area (Å²) in [5, 5.41) is 10.2. The van der Waals surface area contributed by atoms with Gasteiger partial charge in [0.2, 0.25) is 5.91 Å². The highest BCUT2D eigenvalue weighted by Gasteiger charge is 2.28. The fraction of sp³-hybridized carbons (Fsp3) is 0.368. The third kappa shape index (κ3) is 3.60. The van der Waals surface area contributed by atoms with E-state index in [0.29, 0.717) is 17.2 Å². The van der Waals surface area contributed by atoms with Gasteiger partial charge in [-0.3, -0.25) is 4.79 Å². The van der Waals surface area contributed by atoms with E-state index in [1.165, 1.54) is 4.88 Å². The summed E-state index contributed by atoms with van der Waals surface area (Å²) in [7, 11) is 0. The fourth-order valence-corrected chi connectivity index (χ4v) is 4.25. The monoisotopic (exact) mass is 356 g/mol. The highest BCUT2D eigenvalue weighted by molar-refractivity contribution is 7.10. The molecule has 1 aromatic carbocycles.